The number of urea groups is 1. The van der Waals surface area contributed by atoms with Gasteiger partial charge in [-0.25, -0.2) is 4.79 Å². The Balaban J connectivity index is 1.66. The number of methoxy groups -OCH3 is 3. The molecular weight excluding hydrogens is 420 g/mol. The highest BCUT2D eigenvalue weighted by Gasteiger charge is 2.33. The second-order valence-corrected chi connectivity index (χ2v) is 7.62. The molecule has 1 aliphatic heterocycles. The number of hydrogen-bond donors (Lipinski definition) is 1. The maximum atomic E-state index is 13.3. The Morgan fingerprint density at radius 1 is 0.879 bits per heavy atom. The average molecular weight is 449 g/mol. The van der Waals surface area contributed by atoms with Crippen LogP contribution in [-0.2, 0) is 6.42 Å². The lowest BCUT2D eigenvalue weighted by Gasteiger charge is -2.37. The van der Waals surface area contributed by atoms with E-state index in [1.807, 2.05) is 66.7 Å². The highest BCUT2D eigenvalue weighted by Crippen LogP contribution is 2.39. The molecule has 0 spiro atoms. The standard InChI is InChI=1S/C26H28N2O5/c1-30-22-11-7-8-12-23(22)33-17-21-20-16-25(32-3)24(31-2)15-18(20)13-14-28(21)26(29)27-19-9-5-4-6-10-19/h4-12,15-16,21H,13-14,17H2,1-3H3,(H,27,29). The van der Waals surface area contributed by atoms with Crippen molar-refractivity contribution in [1.82, 2.24) is 4.90 Å². The molecule has 0 aliphatic carbocycles. The van der Waals surface area contributed by atoms with E-state index >= 15 is 0 Å². The number of hydrogen-bond acceptors (Lipinski definition) is 5. The summed E-state index contributed by atoms with van der Waals surface area (Å²) in [4.78, 5) is 15.1. The van der Waals surface area contributed by atoms with Crippen LogP contribution in [0.2, 0.25) is 0 Å². The van der Waals surface area contributed by atoms with E-state index in [1.54, 1.807) is 26.2 Å². The summed E-state index contributed by atoms with van der Waals surface area (Å²) in [5.41, 5.74) is 2.81. The van der Waals surface area contributed by atoms with Gasteiger partial charge < -0.3 is 29.2 Å². The monoisotopic (exact) mass is 448 g/mol. The van der Waals surface area contributed by atoms with Crippen LogP contribution in [0.15, 0.2) is 66.7 Å². The highest BCUT2D eigenvalue weighted by atomic mass is 16.5. The maximum absolute atomic E-state index is 13.3. The van der Waals surface area contributed by atoms with Crippen LogP contribution in [0.3, 0.4) is 0 Å². The van der Waals surface area contributed by atoms with E-state index < -0.39 is 0 Å². The van der Waals surface area contributed by atoms with Crippen LogP contribution in [0.5, 0.6) is 23.0 Å². The third-order valence-corrected chi connectivity index (χ3v) is 5.75. The predicted molar refractivity (Wildman–Crippen MR) is 127 cm³/mol. The Morgan fingerprint density at radius 3 is 2.21 bits per heavy atom. The normalized spacial score (nSPS) is 14.8. The van der Waals surface area contributed by atoms with E-state index in [4.69, 9.17) is 18.9 Å². The molecule has 1 atom stereocenters. The first-order valence-corrected chi connectivity index (χ1v) is 10.8. The van der Waals surface area contributed by atoms with Crippen LogP contribution in [0.25, 0.3) is 0 Å². The first-order valence-electron chi connectivity index (χ1n) is 10.8. The summed E-state index contributed by atoms with van der Waals surface area (Å²) in [5.74, 6) is 2.55. The number of benzene rings is 3. The van der Waals surface area contributed by atoms with Crippen molar-refractivity contribution in [2.45, 2.75) is 12.5 Å². The molecule has 1 N–H and O–H groups in total. The molecule has 33 heavy (non-hydrogen) atoms. The Hall–Kier alpha value is -3.87. The van der Waals surface area contributed by atoms with Crippen molar-refractivity contribution in [3.05, 3.63) is 77.9 Å². The van der Waals surface area contributed by atoms with Crippen LogP contribution >= 0.6 is 0 Å². The largest absolute Gasteiger partial charge is 0.493 e. The van der Waals surface area contributed by atoms with Gasteiger partial charge in [-0.05, 0) is 53.9 Å². The number of carbonyl (C=O) groups is 1. The number of ether oxygens (including phenoxy) is 4. The fourth-order valence-electron chi connectivity index (χ4n) is 4.07. The Labute approximate surface area is 193 Å². The third-order valence-electron chi connectivity index (χ3n) is 5.75. The maximum Gasteiger partial charge on any atom is 0.322 e. The number of fused-ring (bicyclic) bond motifs is 1. The van der Waals surface area contributed by atoms with Crippen molar-refractivity contribution in [3.63, 3.8) is 0 Å². The molecule has 0 bridgehead atoms. The molecule has 2 amide bonds. The van der Waals surface area contributed by atoms with E-state index in [0.29, 0.717) is 36.0 Å². The Bertz CT molecular complexity index is 1100. The van der Waals surface area contributed by atoms with Gasteiger partial charge in [-0.2, -0.15) is 0 Å². The zero-order valence-electron chi connectivity index (χ0n) is 19.0. The molecule has 3 aromatic rings. The molecule has 7 nitrogen and oxygen atoms in total. The summed E-state index contributed by atoms with van der Waals surface area (Å²) in [6, 6.07) is 20.3. The summed E-state index contributed by atoms with van der Waals surface area (Å²) >= 11 is 0. The van der Waals surface area contributed by atoms with Crippen LogP contribution in [0.4, 0.5) is 10.5 Å². The van der Waals surface area contributed by atoms with Crippen LogP contribution in [0, 0.1) is 0 Å². The SMILES string of the molecule is COc1cc2c(cc1OC)C(COc1ccccc1OC)N(C(=O)Nc1ccccc1)CC2. The van der Waals surface area contributed by atoms with Gasteiger partial charge in [0.05, 0.1) is 27.4 Å². The quantitative estimate of drug-likeness (QED) is 0.556. The van der Waals surface area contributed by atoms with E-state index in [0.717, 1.165) is 16.8 Å². The van der Waals surface area contributed by atoms with Crippen LogP contribution in [-0.4, -0.2) is 45.4 Å². The molecule has 4 rings (SSSR count). The minimum atomic E-state index is -0.331. The van der Waals surface area contributed by atoms with E-state index in [2.05, 4.69) is 5.32 Å². The average Bonchev–Trinajstić information content (AvgIpc) is 2.86. The summed E-state index contributed by atoms with van der Waals surface area (Å²) in [5, 5.41) is 3.00. The van der Waals surface area contributed by atoms with Gasteiger partial charge >= 0.3 is 6.03 Å². The molecule has 3 aromatic carbocycles. The Kier molecular flexibility index (Phi) is 6.88. The number of rotatable bonds is 7. The molecular formula is C26H28N2O5. The summed E-state index contributed by atoms with van der Waals surface area (Å²) in [6.45, 7) is 0.798. The van der Waals surface area contributed by atoms with Gasteiger partial charge in [0.25, 0.3) is 0 Å². The predicted octanol–water partition coefficient (Wildman–Crippen LogP) is 4.92. The molecule has 0 saturated heterocycles. The van der Waals surface area contributed by atoms with E-state index in [-0.39, 0.29) is 18.7 Å². The van der Waals surface area contributed by atoms with Crippen LogP contribution < -0.4 is 24.3 Å². The van der Waals surface area contributed by atoms with E-state index in [1.165, 1.54) is 0 Å². The zero-order valence-corrected chi connectivity index (χ0v) is 19.0. The van der Waals surface area contributed by atoms with Gasteiger partial charge in [-0.1, -0.05) is 30.3 Å². The van der Waals surface area contributed by atoms with Gasteiger partial charge in [-0.15, -0.1) is 0 Å². The van der Waals surface area contributed by atoms with Gasteiger partial charge in [0.2, 0.25) is 0 Å². The molecule has 0 aromatic heterocycles. The van der Waals surface area contributed by atoms with Gasteiger partial charge in [0.15, 0.2) is 23.0 Å². The molecule has 0 saturated carbocycles. The third kappa shape index (κ3) is 4.82. The lowest BCUT2D eigenvalue weighted by Crippen LogP contribution is -2.44. The molecule has 172 valence electrons. The fraction of sp³-hybridized carbons (Fsp3) is 0.269. The van der Waals surface area contributed by atoms with Crippen molar-refractivity contribution in [3.8, 4) is 23.0 Å². The van der Waals surface area contributed by atoms with Gasteiger partial charge in [-0.3, -0.25) is 0 Å². The smallest absolute Gasteiger partial charge is 0.322 e. The molecule has 0 fully saturated rings. The molecule has 1 aliphatic rings. The minimum Gasteiger partial charge on any atom is -0.493 e. The topological polar surface area (TPSA) is 69.3 Å². The van der Waals surface area contributed by atoms with Gasteiger partial charge in [0.1, 0.15) is 6.61 Å². The number of nitrogens with zero attached hydrogens (tertiary/aromatic N) is 1. The van der Waals surface area contributed by atoms with Crippen molar-refractivity contribution in [2.75, 3.05) is 39.8 Å². The Morgan fingerprint density at radius 2 is 1.52 bits per heavy atom. The van der Waals surface area contributed by atoms with Crippen molar-refractivity contribution in [1.29, 1.82) is 0 Å². The summed E-state index contributed by atoms with van der Waals surface area (Å²) in [6.07, 6.45) is 0.697. The summed E-state index contributed by atoms with van der Waals surface area (Å²) in [7, 11) is 4.83. The minimum absolute atomic E-state index is 0.185. The number of amides is 2. The second kappa shape index (κ2) is 10.2. The van der Waals surface area contributed by atoms with Crippen molar-refractivity contribution in [2.24, 2.45) is 0 Å². The first kappa shape index (κ1) is 22.3. The molecule has 1 heterocycles. The van der Waals surface area contributed by atoms with Gasteiger partial charge in [0, 0.05) is 12.2 Å². The highest BCUT2D eigenvalue weighted by molar-refractivity contribution is 5.89. The molecule has 1 unspecified atom stereocenters. The second-order valence-electron chi connectivity index (χ2n) is 7.62. The lowest BCUT2D eigenvalue weighted by molar-refractivity contribution is 0.142. The number of carbonyl (C=O) groups excluding carboxylic acids is 1. The lowest BCUT2D eigenvalue weighted by atomic mass is 9.92. The van der Waals surface area contributed by atoms with Crippen LogP contribution in [0.1, 0.15) is 17.2 Å². The van der Waals surface area contributed by atoms with E-state index in [9.17, 15) is 4.79 Å². The number of anilines is 1. The molecule has 7 heteroatoms. The number of nitrogens with one attached hydrogen (secondary N) is 1. The summed E-state index contributed by atoms with van der Waals surface area (Å²) < 4.78 is 22.6. The zero-order chi connectivity index (χ0) is 23.2. The number of para-hydroxylation sites is 3. The fourth-order valence-corrected chi connectivity index (χ4v) is 4.07. The molecule has 0 radical (unpaired) electrons. The van der Waals surface area contributed by atoms with Crippen molar-refractivity contribution >= 4 is 11.7 Å². The first-order chi connectivity index (χ1) is 16.1. The van der Waals surface area contributed by atoms with Crippen molar-refractivity contribution < 1.29 is 23.7 Å².